The first-order chi connectivity index (χ1) is 8.25. The molecule has 0 fully saturated rings. The Labute approximate surface area is 109 Å². The quantitative estimate of drug-likeness (QED) is 0.834. The molecular weight excluding hydrogens is 250 g/mol. The van der Waals surface area contributed by atoms with Crippen LogP contribution in [0.5, 0.6) is 5.75 Å². The predicted octanol–water partition coefficient (Wildman–Crippen LogP) is 2.30. The summed E-state index contributed by atoms with van der Waals surface area (Å²) >= 11 is 0. The fourth-order valence-corrected chi connectivity index (χ4v) is 2.36. The number of primary sulfonamides is 1. The number of aryl methyl sites for hydroxylation is 2. The van der Waals surface area contributed by atoms with E-state index in [1.807, 2.05) is 6.92 Å². The Hall–Kier alpha value is -1.33. The van der Waals surface area contributed by atoms with Gasteiger partial charge in [0, 0.05) is 0 Å². The van der Waals surface area contributed by atoms with Crippen LogP contribution in [0.2, 0.25) is 0 Å². The molecule has 2 N–H and O–H groups in total. The normalized spacial score (nSPS) is 11.3. The second-order valence-corrected chi connectivity index (χ2v) is 5.85. The number of sulfonamides is 1. The molecule has 0 aliphatic rings. The second-order valence-electron chi connectivity index (χ2n) is 4.32. The second kappa shape index (κ2) is 5.54. The standard InChI is InChI=1S/C13H19NO3S/c1-5-9(2)8-17-12-6-11(4)13(7-10(12)3)18(14,15)16/h6-7H,2,5,8H2,1,3-4H3,(H2,14,15,16). The van der Waals surface area contributed by atoms with Gasteiger partial charge in [0.25, 0.3) is 0 Å². The van der Waals surface area contributed by atoms with Crippen molar-refractivity contribution in [3.8, 4) is 5.75 Å². The fraction of sp³-hybridized carbons (Fsp3) is 0.385. The molecule has 18 heavy (non-hydrogen) atoms. The molecule has 100 valence electrons. The average Bonchev–Trinajstić information content (AvgIpc) is 2.27. The van der Waals surface area contributed by atoms with Gasteiger partial charge in [-0.05, 0) is 49.1 Å². The first kappa shape index (κ1) is 14.7. The lowest BCUT2D eigenvalue weighted by Crippen LogP contribution is -2.14. The van der Waals surface area contributed by atoms with E-state index < -0.39 is 10.0 Å². The number of ether oxygens (including phenoxy) is 1. The minimum atomic E-state index is -3.68. The topological polar surface area (TPSA) is 69.4 Å². The Bertz CT molecular complexity index is 562. The molecule has 4 nitrogen and oxygen atoms in total. The summed E-state index contributed by atoms with van der Waals surface area (Å²) in [5.74, 6) is 0.662. The molecule has 0 spiro atoms. The third-order valence-electron chi connectivity index (χ3n) is 2.71. The van der Waals surface area contributed by atoms with Gasteiger partial charge in [0.1, 0.15) is 12.4 Å². The van der Waals surface area contributed by atoms with E-state index in [1.165, 1.54) is 6.07 Å². The van der Waals surface area contributed by atoms with Crippen LogP contribution in [0.15, 0.2) is 29.2 Å². The summed E-state index contributed by atoms with van der Waals surface area (Å²) in [6, 6.07) is 3.23. The lowest BCUT2D eigenvalue weighted by atomic mass is 10.1. The highest BCUT2D eigenvalue weighted by Crippen LogP contribution is 2.25. The van der Waals surface area contributed by atoms with Gasteiger partial charge < -0.3 is 4.74 Å². The molecular formula is C13H19NO3S. The highest BCUT2D eigenvalue weighted by atomic mass is 32.2. The molecule has 0 aromatic heterocycles. The molecule has 0 saturated heterocycles. The minimum Gasteiger partial charge on any atom is -0.489 e. The van der Waals surface area contributed by atoms with Crippen LogP contribution in [0.1, 0.15) is 24.5 Å². The third kappa shape index (κ3) is 3.58. The summed E-state index contributed by atoms with van der Waals surface area (Å²) < 4.78 is 28.3. The van der Waals surface area contributed by atoms with Crippen molar-refractivity contribution in [2.75, 3.05) is 6.61 Å². The van der Waals surface area contributed by atoms with E-state index in [2.05, 4.69) is 6.58 Å². The van der Waals surface area contributed by atoms with Crippen molar-refractivity contribution in [1.82, 2.24) is 0 Å². The Morgan fingerprint density at radius 1 is 1.33 bits per heavy atom. The summed E-state index contributed by atoms with van der Waals surface area (Å²) in [5.41, 5.74) is 2.32. The van der Waals surface area contributed by atoms with E-state index in [-0.39, 0.29) is 4.90 Å². The van der Waals surface area contributed by atoms with E-state index in [9.17, 15) is 8.42 Å². The van der Waals surface area contributed by atoms with Gasteiger partial charge in [0.05, 0.1) is 4.90 Å². The van der Waals surface area contributed by atoms with Crippen molar-refractivity contribution in [3.63, 3.8) is 0 Å². The Kier molecular flexibility index (Phi) is 4.53. The molecule has 1 rings (SSSR count). The molecule has 0 bridgehead atoms. The minimum absolute atomic E-state index is 0.140. The smallest absolute Gasteiger partial charge is 0.238 e. The first-order valence-corrected chi connectivity index (χ1v) is 7.23. The molecule has 1 aromatic rings. The Balaban J connectivity index is 3.05. The van der Waals surface area contributed by atoms with Gasteiger partial charge in [0.2, 0.25) is 10.0 Å². The highest BCUT2D eigenvalue weighted by molar-refractivity contribution is 7.89. The molecule has 0 amide bonds. The summed E-state index contributed by atoms with van der Waals surface area (Å²) in [6.07, 6.45) is 0.854. The summed E-state index contributed by atoms with van der Waals surface area (Å²) in [4.78, 5) is 0.140. The third-order valence-corrected chi connectivity index (χ3v) is 3.76. The van der Waals surface area contributed by atoms with Crippen molar-refractivity contribution >= 4 is 10.0 Å². The number of nitrogens with two attached hydrogens (primary N) is 1. The molecule has 0 aliphatic heterocycles. The van der Waals surface area contributed by atoms with Crippen molar-refractivity contribution < 1.29 is 13.2 Å². The zero-order valence-electron chi connectivity index (χ0n) is 11.0. The van der Waals surface area contributed by atoms with E-state index >= 15 is 0 Å². The van der Waals surface area contributed by atoms with Gasteiger partial charge in [-0.25, -0.2) is 13.6 Å². The molecule has 1 aromatic carbocycles. The predicted molar refractivity (Wildman–Crippen MR) is 72.2 cm³/mol. The Morgan fingerprint density at radius 2 is 1.94 bits per heavy atom. The van der Waals surface area contributed by atoms with E-state index in [0.29, 0.717) is 17.9 Å². The molecule has 0 radical (unpaired) electrons. The first-order valence-electron chi connectivity index (χ1n) is 5.69. The largest absolute Gasteiger partial charge is 0.489 e. The van der Waals surface area contributed by atoms with E-state index in [4.69, 9.17) is 9.88 Å². The summed E-state index contributed by atoms with van der Waals surface area (Å²) in [6.45, 7) is 9.79. The maximum atomic E-state index is 11.4. The van der Waals surface area contributed by atoms with Gasteiger partial charge in [0.15, 0.2) is 0 Å². The van der Waals surface area contributed by atoms with Gasteiger partial charge in [-0.1, -0.05) is 13.5 Å². The van der Waals surface area contributed by atoms with Crippen molar-refractivity contribution in [2.45, 2.75) is 32.1 Å². The molecule has 0 atom stereocenters. The van der Waals surface area contributed by atoms with Crippen molar-refractivity contribution in [2.24, 2.45) is 5.14 Å². The molecule has 0 unspecified atom stereocenters. The number of hydrogen-bond donors (Lipinski definition) is 1. The number of hydrogen-bond acceptors (Lipinski definition) is 3. The van der Waals surface area contributed by atoms with Crippen LogP contribution in [-0.4, -0.2) is 15.0 Å². The summed E-state index contributed by atoms with van der Waals surface area (Å²) in [5, 5.41) is 5.14. The average molecular weight is 269 g/mol. The molecule has 5 heteroatoms. The van der Waals surface area contributed by atoms with Crippen LogP contribution < -0.4 is 9.88 Å². The van der Waals surface area contributed by atoms with Crippen LogP contribution in [-0.2, 0) is 10.0 Å². The lowest BCUT2D eigenvalue weighted by Gasteiger charge is -2.13. The zero-order chi connectivity index (χ0) is 13.9. The monoisotopic (exact) mass is 269 g/mol. The van der Waals surface area contributed by atoms with Gasteiger partial charge in [-0.3, -0.25) is 0 Å². The maximum Gasteiger partial charge on any atom is 0.238 e. The maximum absolute atomic E-state index is 11.4. The van der Waals surface area contributed by atoms with Crippen LogP contribution in [0, 0.1) is 13.8 Å². The van der Waals surface area contributed by atoms with Gasteiger partial charge in [-0.2, -0.15) is 0 Å². The van der Waals surface area contributed by atoms with Crippen molar-refractivity contribution in [3.05, 3.63) is 35.4 Å². The SMILES string of the molecule is C=C(CC)COc1cc(C)c(S(N)(=O)=O)cc1C. The van der Waals surface area contributed by atoms with Crippen LogP contribution in [0.3, 0.4) is 0 Å². The van der Waals surface area contributed by atoms with E-state index in [1.54, 1.807) is 19.9 Å². The fourth-order valence-electron chi connectivity index (χ4n) is 1.51. The van der Waals surface area contributed by atoms with Gasteiger partial charge >= 0.3 is 0 Å². The van der Waals surface area contributed by atoms with Crippen LogP contribution in [0.4, 0.5) is 0 Å². The molecule has 0 aliphatic carbocycles. The van der Waals surface area contributed by atoms with Crippen molar-refractivity contribution in [1.29, 1.82) is 0 Å². The molecule has 0 saturated carbocycles. The zero-order valence-corrected chi connectivity index (χ0v) is 11.8. The lowest BCUT2D eigenvalue weighted by molar-refractivity contribution is 0.346. The van der Waals surface area contributed by atoms with E-state index in [0.717, 1.165) is 17.6 Å². The number of benzene rings is 1. The summed E-state index contributed by atoms with van der Waals surface area (Å²) in [7, 11) is -3.68. The number of rotatable bonds is 5. The molecule has 0 heterocycles. The van der Waals surface area contributed by atoms with Crippen LogP contribution in [0.25, 0.3) is 0 Å². The Morgan fingerprint density at radius 3 is 2.44 bits per heavy atom. The van der Waals surface area contributed by atoms with Gasteiger partial charge in [-0.15, -0.1) is 0 Å². The highest BCUT2D eigenvalue weighted by Gasteiger charge is 2.14. The van der Waals surface area contributed by atoms with Crippen LogP contribution >= 0.6 is 0 Å².